The SMILES string of the molecule is CC(=O)N(Cc1cc(NC(=O)CC(C)C)ccc1N(C)C)CC1CCCO1. The van der Waals surface area contributed by atoms with Crippen LogP contribution in [-0.4, -0.2) is 50.1 Å². The van der Waals surface area contributed by atoms with E-state index in [9.17, 15) is 9.59 Å². The first-order chi connectivity index (χ1) is 12.8. The first kappa shape index (κ1) is 21.2. The van der Waals surface area contributed by atoms with E-state index in [-0.39, 0.29) is 17.9 Å². The number of nitrogens with one attached hydrogen (secondary N) is 1. The van der Waals surface area contributed by atoms with Crippen molar-refractivity contribution in [1.82, 2.24) is 4.90 Å². The first-order valence-electron chi connectivity index (χ1n) is 9.73. The van der Waals surface area contributed by atoms with Crippen LogP contribution >= 0.6 is 0 Å². The Morgan fingerprint density at radius 3 is 2.59 bits per heavy atom. The van der Waals surface area contributed by atoms with Gasteiger partial charge >= 0.3 is 0 Å². The standard InChI is InChI=1S/C21H33N3O3/c1-15(2)11-21(26)22-18-8-9-20(23(4)5)17(12-18)13-24(16(3)25)14-19-7-6-10-27-19/h8-9,12,15,19H,6-7,10-11,13-14H2,1-5H3,(H,22,26). The van der Waals surface area contributed by atoms with Crippen molar-refractivity contribution >= 4 is 23.2 Å². The lowest BCUT2D eigenvalue weighted by Crippen LogP contribution is -2.35. The van der Waals surface area contributed by atoms with Crippen molar-refractivity contribution in [3.05, 3.63) is 23.8 Å². The molecule has 1 unspecified atom stereocenters. The summed E-state index contributed by atoms with van der Waals surface area (Å²) in [5.74, 6) is 0.353. The molecule has 6 nitrogen and oxygen atoms in total. The average Bonchev–Trinajstić information content (AvgIpc) is 3.06. The molecule has 27 heavy (non-hydrogen) atoms. The summed E-state index contributed by atoms with van der Waals surface area (Å²) >= 11 is 0. The molecule has 0 spiro atoms. The Balaban J connectivity index is 2.18. The van der Waals surface area contributed by atoms with E-state index in [0.29, 0.717) is 25.4 Å². The Labute approximate surface area is 162 Å². The van der Waals surface area contributed by atoms with Crippen LogP contribution < -0.4 is 10.2 Å². The van der Waals surface area contributed by atoms with Crippen molar-refractivity contribution in [2.45, 2.75) is 52.7 Å². The third-order valence-corrected chi connectivity index (χ3v) is 4.69. The van der Waals surface area contributed by atoms with Crippen LogP contribution in [0.25, 0.3) is 0 Å². The highest BCUT2D eigenvalue weighted by Crippen LogP contribution is 2.25. The summed E-state index contributed by atoms with van der Waals surface area (Å²) in [5, 5.41) is 2.97. The summed E-state index contributed by atoms with van der Waals surface area (Å²) in [6.45, 7) is 7.52. The minimum atomic E-state index is 0.0105. The van der Waals surface area contributed by atoms with E-state index in [1.165, 1.54) is 0 Å². The number of benzene rings is 1. The summed E-state index contributed by atoms with van der Waals surface area (Å²) in [5.41, 5.74) is 2.81. The van der Waals surface area contributed by atoms with Gasteiger partial charge in [-0.3, -0.25) is 9.59 Å². The van der Waals surface area contributed by atoms with E-state index in [1.54, 1.807) is 6.92 Å². The molecule has 1 N–H and O–H groups in total. The van der Waals surface area contributed by atoms with Crippen LogP contribution in [0.5, 0.6) is 0 Å². The molecule has 1 aliphatic heterocycles. The van der Waals surface area contributed by atoms with Crippen LogP contribution in [0.2, 0.25) is 0 Å². The highest BCUT2D eigenvalue weighted by Gasteiger charge is 2.22. The van der Waals surface area contributed by atoms with Crippen molar-refractivity contribution in [3.8, 4) is 0 Å². The monoisotopic (exact) mass is 375 g/mol. The maximum absolute atomic E-state index is 12.2. The largest absolute Gasteiger partial charge is 0.377 e. The molecule has 0 radical (unpaired) electrons. The van der Waals surface area contributed by atoms with Crippen LogP contribution in [0.1, 0.15) is 45.6 Å². The Hall–Kier alpha value is -2.08. The van der Waals surface area contributed by atoms with E-state index in [1.807, 2.05) is 55.9 Å². The predicted molar refractivity (Wildman–Crippen MR) is 109 cm³/mol. The third kappa shape index (κ3) is 6.54. The number of nitrogens with zero attached hydrogens (tertiary/aromatic N) is 2. The third-order valence-electron chi connectivity index (χ3n) is 4.69. The number of anilines is 2. The second-order valence-corrected chi connectivity index (χ2v) is 7.92. The van der Waals surface area contributed by atoms with Gasteiger partial charge in [0.15, 0.2) is 0 Å². The Morgan fingerprint density at radius 2 is 2.04 bits per heavy atom. The van der Waals surface area contributed by atoms with Crippen molar-refractivity contribution in [2.24, 2.45) is 5.92 Å². The molecule has 1 aromatic carbocycles. The van der Waals surface area contributed by atoms with Crippen LogP contribution in [0.15, 0.2) is 18.2 Å². The number of hydrogen-bond donors (Lipinski definition) is 1. The van der Waals surface area contributed by atoms with Gasteiger partial charge in [-0.2, -0.15) is 0 Å². The lowest BCUT2D eigenvalue weighted by molar-refractivity contribution is -0.131. The van der Waals surface area contributed by atoms with Crippen molar-refractivity contribution in [3.63, 3.8) is 0 Å². The molecule has 0 saturated carbocycles. The van der Waals surface area contributed by atoms with E-state index >= 15 is 0 Å². The number of carbonyl (C=O) groups is 2. The van der Waals surface area contributed by atoms with Gasteiger partial charge in [-0.15, -0.1) is 0 Å². The molecule has 0 aromatic heterocycles. The number of carbonyl (C=O) groups excluding carboxylic acids is 2. The second kappa shape index (κ2) is 9.74. The van der Waals surface area contributed by atoms with Gasteiger partial charge in [-0.05, 0) is 42.5 Å². The zero-order valence-electron chi connectivity index (χ0n) is 17.2. The normalized spacial score (nSPS) is 16.4. The quantitative estimate of drug-likeness (QED) is 0.758. The Morgan fingerprint density at radius 1 is 1.30 bits per heavy atom. The summed E-state index contributed by atoms with van der Waals surface area (Å²) in [6, 6.07) is 5.87. The fourth-order valence-electron chi connectivity index (χ4n) is 3.35. The van der Waals surface area contributed by atoms with Crippen molar-refractivity contribution in [1.29, 1.82) is 0 Å². The topological polar surface area (TPSA) is 61.9 Å². The summed E-state index contributed by atoms with van der Waals surface area (Å²) in [6.07, 6.45) is 2.65. The van der Waals surface area contributed by atoms with Crippen LogP contribution in [0, 0.1) is 5.92 Å². The molecule has 1 atom stereocenters. The van der Waals surface area contributed by atoms with Gasteiger partial charge in [0.05, 0.1) is 6.10 Å². The molecule has 1 fully saturated rings. The lowest BCUT2D eigenvalue weighted by Gasteiger charge is -2.27. The zero-order chi connectivity index (χ0) is 20.0. The smallest absolute Gasteiger partial charge is 0.224 e. The van der Waals surface area contributed by atoms with Crippen LogP contribution in [-0.2, 0) is 20.9 Å². The predicted octanol–water partition coefficient (Wildman–Crippen LogP) is 3.26. The number of rotatable bonds is 8. The van der Waals surface area contributed by atoms with Gasteiger partial charge in [0.2, 0.25) is 11.8 Å². The molecule has 0 bridgehead atoms. The molecule has 1 saturated heterocycles. The summed E-state index contributed by atoms with van der Waals surface area (Å²) in [7, 11) is 3.96. The first-order valence-corrected chi connectivity index (χ1v) is 9.73. The van der Waals surface area contributed by atoms with Crippen LogP contribution in [0.3, 0.4) is 0 Å². The molecule has 0 aliphatic carbocycles. The highest BCUT2D eigenvalue weighted by molar-refractivity contribution is 5.91. The fourth-order valence-corrected chi connectivity index (χ4v) is 3.35. The van der Waals surface area contributed by atoms with Crippen molar-refractivity contribution < 1.29 is 14.3 Å². The lowest BCUT2D eigenvalue weighted by atomic mass is 10.1. The average molecular weight is 376 g/mol. The summed E-state index contributed by atoms with van der Waals surface area (Å²) < 4.78 is 5.70. The molecule has 2 rings (SSSR count). The molecule has 150 valence electrons. The van der Waals surface area contributed by atoms with Gasteiger partial charge < -0.3 is 19.9 Å². The number of amides is 2. The van der Waals surface area contributed by atoms with Crippen molar-refractivity contribution in [2.75, 3.05) is 37.5 Å². The van der Waals surface area contributed by atoms with Gasteiger partial charge in [0.25, 0.3) is 0 Å². The molecule has 1 aliphatic rings. The van der Waals surface area contributed by atoms with Gasteiger partial charge in [0.1, 0.15) is 0 Å². The van der Waals surface area contributed by atoms with Crippen LogP contribution in [0.4, 0.5) is 11.4 Å². The minimum absolute atomic E-state index is 0.0105. The molecule has 2 amide bonds. The van der Waals surface area contributed by atoms with E-state index in [4.69, 9.17) is 4.74 Å². The minimum Gasteiger partial charge on any atom is -0.377 e. The Kier molecular flexibility index (Phi) is 7.66. The molecule has 1 heterocycles. The highest BCUT2D eigenvalue weighted by atomic mass is 16.5. The van der Waals surface area contributed by atoms with Gasteiger partial charge in [-0.1, -0.05) is 13.8 Å². The Bertz CT molecular complexity index is 652. The summed E-state index contributed by atoms with van der Waals surface area (Å²) in [4.78, 5) is 28.2. The maximum atomic E-state index is 12.2. The zero-order valence-corrected chi connectivity index (χ0v) is 17.2. The van der Waals surface area contributed by atoms with E-state index < -0.39 is 0 Å². The maximum Gasteiger partial charge on any atom is 0.224 e. The van der Waals surface area contributed by atoms with Gasteiger partial charge in [0, 0.05) is 58.5 Å². The number of hydrogen-bond acceptors (Lipinski definition) is 4. The second-order valence-electron chi connectivity index (χ2n) is 7.92. The molecule has 1 aromatic rings. The molecular formula is C21H33N3O3. The van der Waals surface area contributed by atoms with E-state index in [0.717, 1.165) is 36.4 Å². The molecular weight excluding hydrogens is 342 g/mol. The van der Waals surface area contributed by atoms with E-state index in [2.05, 4.69) is 5.32 Å². The fraction of sp³-hybridized carbons (Fsp3) is 0.619. The number of ether oxygens (including phenoxy) is 1. The van der Waals surface area contributed by atoms with Gasteiger partial charge in [-0.25, -0.2) is 0 Å². The molecule has 6 heteroatoms.